The van der Waals surface area contributed by atoms with Crippen LogP contribution in [0.3, 0.4) is 0 Å². The van der Waals surface area contributed by atoms with E-state index in [1.165, 1.54) is 35.9 Å². The van der Waals surface area contributed by atoms with Gasteiger partial charge < -0.3 is 20.3 Å². The standard InChI is InChI=1S/C46H52N6O4/c1-27(2)43(51-46(55)56-4)45(54)52-18-6-8-40(52)38-22-36(26-48-38)37-16-15-32(19-28(37)3)30-9-11-31(12-10-30)35-21-39(49-25-35)41-33-13-14-34(20-33)42(41)44(53)50-24-29-7-5-17-47-23-29/h5,7,9-12,15-17,19,23,25-27,33-34,40-43H,6,8,13-14,18,20-22,24H2,1-4H3,(H,50,53)(H,51,55)/t33?,34?,40-,41+,42-,43-/m0/s1. The normalized spacial score (nSPS) is 24.4. The van der Waals surface area contributed by atoms with Crippen LogP contribution in [0.4, 0.5) is 4.79 Å². The Morgan fingerprint density at radius 1 is 0.893 bits per heavy atom. The highest BCUT2D eigenvalue weighted by atomic mass is 16.5. The lowest BCUT2D eigenvalue weighted by atomic mass is 9.75. The minimum Gasteiger partial charge on any atom is -0.453 e. The number of hydrogen-bond acceptors (Lipinski definition) is 7. The number of likely N-dealkylation sites (tertiary alicyclic amines) is 1. The fourth-order valence-electron chi connectivity index (χ4n) is 9.94. The van der Waals surface area contributed by atoms with Crippen molar-refractivity contribution in [2.24, 2.45) is 39.6 Å². The lowest BCUT2D eigenvalue weighted by Crippen LogP contribution is -2.53. The van der Waals surface area contributed by atoms with Crippen LogP contribution < -0.4 is 10.6 Å². The molecular weight excluding hydrogens is 701 g/mol. The Labute approximate surface area is 329 Å². The van der Waals surface area contributed by atoms with Crippen molar-refractivity contribution < 1.29 is 19.1 Å². The van der Waals surface area contributed by atoms with Crippen LogP contribution in [0.15, 0.2) is 89.4 Å². The van der Waals surface area contributed by atoms with Gasteiger partial charge in [-0.2, -0.15) is 0 Å². The zero-order valence-corrected chi connectivity index (χ0v) is 32.8. The van der Waals surface area contributed by atoms with E-state index < -0.39 is 12.1 Å². The van der Waals surface area contributed by atoms with Crippen molar-refractivity contribution in [3.63, 3.8) is 0 Å². The number of aliphatic imine (C=N–C) groups is 2. The number of nitrogens with zero attached hydrogens (tertiary/aromatic N) is 4. The zero-order valence-electron chi connectivity index (χ0n) is 32.8. The number of hydrogen-bond donors (Lipinski definition) is 2. The number of carbonyl (C=O) groups excluding carboxylic acids is 3. The van der Waals surface area contributed by atoms with Gasteiger partial charge in [0.15, 0.2) is 0 Å². The van der Waals surface area contributed by atoms with E-state index in [-0.39, 0.29) is 35.6 Å². The van der Waals surface area contributed by atoms with Crippen molar-refractivity contribution in [3.8, 4) is 11.1 Å². The average molecular weight is 753 g/mol. The fourth-order valence-corrected chi connectivity index (χ4v) is 9.94. The number of aryl methyl sites for hydroxylation is 1. The third-order valence-electron chi connectivity index (χ3n) is 12.8. The van der Waals surface area contributed by atoms with Crippen LogP contribution in [0.1, 0.15) is 81.0 Å². The van der Waals surface area contributed by atoms with E-state index in [2.05, 4.69) is 65.0 Å². The van der Waals surface area contributed by atoms with Gasteiger partial charge in [-0.1, -0.05) is 62.4 Å². The van der Waals surface area contributed by atoms with E-state index in [4.69, 9.17) is 14.7 Å². The first-order valence-electron chi connectivity index (χ1n) is 20.2. The van der Waals surface area contributed by atoms with Gasteiger partial charge in [0.25, 0.3) is 0 Å². The van der Waals surface area contributed by atoms with E-state index in [9.17, 15) is 14.4 Å². The van der Waals surface area contributed by atoms with Gasteiger partial charge in [0.05, 0.1) is 13.2 Å². The number of ether oxygens (including phenoxy) is 1. The van der Waals surface area contributed by atoms with E-state index in [1.54, 1.807) is 6.20 Å². The summed E-state index contributed by atoms with van der Waals surface area (Å²) in [5.41, 5.74) is 11.4. The van der Waals surface area contributed by atoms with Crippen molar-refractivity contribution in [3.05, 3.63) is 102 Å². The first-order chi connectivity index (χ1) is 27.2. The quantitative estimate of drug-likeness (QED) is 0.207. The van der Waals surface area contributed by atoms with Crippen LogP contribution >= 0.6 is 0 Å². The summed E-state index contributed by atoms with van der Waals surface area (Å²) in [6.45, 7) is 7.16. The molecule has 10 nitrogen and oxygen atoms in total. The Morgan fingerprint density at radius 2 is 1.62 bits per heavy atom. The van der Waals surface area contributed by atoms with E-state index in [1.807, 2.05) is 49.5 Å². The molecule has 5 aliphatic rings. The zero-order chi connectivity index (χ0) is 38.9. The molecule has 3 aromatic rings. The smallest absolute Gasteiger partial charge is 0.407 e. The highest BCUT2D eigenvalue weighted by Gasteiger charge is 2.52. The maximum atomic E-state index is 13.6. The van der Waals surface area contributed by atoms with Crippen molar-refractivity contribution in [2.75, 3.05) is 13.7 Å². The van der Waals surface area contributed by atoms with Crippen molar-refractivity contribution in [2.45, 2.75) is 84.3 Å². The summed E-state index contributed by atoms with van der Waals surface area (Å²) in [4.78, 5) is 55.1. The van der Waals surface area contributed by atoms with Gasteiger partial charge in [-0.25, -0.2) is 4.79 Å². The number of fused-ring (bicyclic) bond motifs is 2. The van der Waals surface area contributed by atoms with Crippen LogP contribution in [0.5, 0.6) is 0 Å². The molecule has 8 rings (SSSR count). The third kappa shape index (κ3) is 7.45. The Kier molecular flexibility index (Phi) is 10.7. The van der Waals surface area contributed by atoms with Gasteiger partial charge in [-0.15, -0.1) is 0 Å². The molecule has 3 fully saturated rings. The minimum absolute atomic E-state index is 0.00965. The Hall–Kier alpha value is -5.38. The van der Waals surface area contributed by atoms with E-state index >= 15 is 0 Å². The molecule has 10 heteroatoms. The SMILES string of the molecule is COC(=O)N[C@H](C(=O)N1CCC[C@H]1C1=NC=C(c2ccc(-c3ccc(C4=CN=C([C@H]5C6CCC(C6)[C@@H]5C(=O)NCc5cccnc5)C4)cc3)cc2C)C1)C(C)C. The molecule has 3 aliphatic heterocycles. The number of allylic oxidation sites excluding steroid dienone is 2. The molecule has 56 heavy (non-hydrogen) atoms. The second kappa shape index (κ2) is 16.0. The van der Waals surface area contributed by atoms with Crippen LogP contribution in [0, 0.1) is 36.5 Å². The van der Waals surface area contributed by atoms with Crippen LogP contribution in [-0.2, 0) is 20.9 Å². The molecule has 290 valence electrons. The van der Waals surface area contributed by atoms with Crippen molar-refractivity contribution >= 4 is 40.5 Å². The lowest BCUT2D eigenvalue weighted by molar-refractivity contribution is -0.134. The summed E-state index contributed by atoms with van der Waals surface area (Å²) < 4.78 is 4.79. The number of pyridine rings is 1. The molecule has 6 atom stereocenters. The first kappa shape index (κ1) is 37.5. The number of methoxy groups -OCH3 is 1. The number of aromatic nitrogens is 1. The Balaban J connectivity index is 0.881. The highest BCUT2D eigenvalue weighted by molar-refractivity contribution is 6.04. The first-order valence-corrected chi connectivity index (χ1v) is 20.2. The monoisotopic (exact) mass is 752 g/mol. The maximum absolute atomic E-state index is 13.6. The molecule has 4 heterocycles. The molecule has 2 aromatic carbocycles. The largest absolute Gasteiger partial charge is 0.453 e. The highest BCUT2D eigenvalue weighted by Crippen LogP contribution is 2.54. The fraction of sp³-hybridized carbons (Fsp3) is 0.435. The van der Waals surface area contributed by atoms with Crippen molar-refractivity contribution in [1.29, 1.82) is 0 Å². The molecule has 3 amide bonds. The van der Waals surface area contributed by atoms with Crippen LogP contribution in [-0.4, -0.2) is 65.0 Å². The topological polar surface area (TPSA) is 125 Å². The number of benzene rings is 2. The third-order valence-corrected chi connectivity index (χ3v) is 12.8. The van der Waals surface area contributed by atoms with Gasteiger partial charge in [0.1, 0.15) is 6.04 Å². The van der Waals surface area contributed by atoms with Gasteiger partial charge in [-0.3, -0.25) is 24.6 Å². The van der Waals surface area contributed by atoms with Crippen molar-refractivity contribution in [1.82, 2.24) is 20.5 Å². The number of rotatable bonds is 11. The lowest BCUT2D eigenvalue weighted by Gasteiger charge is -2.31. The predicted octanol–water partition coefficient (Wildman–Crippen LogP) is 7.78. The molecule has 2 bridgehead atoms. The summed E-state index contributed by atoms with van der Waals surface area (Å²) in [5.74, 6) is 1.17. The summed E-state index contributed by atoms with van der Waals surface area (Å²) in [5, 5.41) is 5.95. The van der Waals surface area contributed by atoms with E-state index in [0.29, 0.717) is 31.3 Å². The average Bonchev–Trinajstić information content (AvgIpc) is 4.07. The number of alkyl carbamates (subject to hydrolysis) is 1. The molecule has 1 saturated heterocycles. The minimum atomic E-state index is -0.648. The van der Waals surface area contributed by atoms with Crippen LogP contribution in [0.2, 0.25) is 0 Å². The van der Waals surface area contributed by atoms with Gasteiger partial charge in [0, 0.05) is 74.0 Å². The number of nitrogens with one attached hydrogen (secondary N) is 2. The van der Waals surface area contributed by atoms with E-state index in [0.717, 1.165) is 65.6 Å². The maximum Gasteiger partial charge on any atom is 0.407 e. The van der Waals surface area contributed by atoms with Crippen LogP contribution in [0.25, 0.3) is 22.3 Å². The molecule has 1 aromatic heterocycles. The second-order valence-corrected chi connectivity index (χ2v) is 16.5. The number of amides is 3. The molecule has 2 saturated carbocycles. The van der Waals surface area contributed by atoms with Gasteiger partial charge >= 0.3 is 6.09 Å². The molecular formula is C46H52N6O4. The summed E-state index contributed by atoms with van der Waals surface area (Å²) in [7, 11) is 1.31. The molecule has 2 aliphatic carbocycles. The summed E-state index contributed by atoms with van der Waals surface area (Å²) >= 11 is 0. The summed E-state index contributed by atoms with van der Waals surface area (Å²) in [6, 6.07) is 18.6. The van der Waals surface area contributed by atoms with Gasteiger partial charge in [0.2, 0.25) is 11.8 Å². The number of carbonyl (C=O) groups is 3. The molecule has 0 spiro atoms. The Morgan fingerprint density at radius 3 is 2.38 bits per heavy atom. The summed E-state index contributed by atoms with van der Waals surface area (Å²) in [6.07, 6.45) is 13.6. The Bertz CT molecular complexity index is 2120. The second-order valence-electron chi connectivity index (χ2n) is 16.5. The predicted molar refractivity (Wildman–Crippen MR) is 219 cm³/mol. The molecule has 0 radical (unpaired) electrons. The molecule has 2 unspecified atom stereocenters. The molecule has 2 N–H and O–H groups in total. The van der Waals surface area contributed by atoms with Gasteiger partial charge in [-0.05, 0) is 107 Å².